The maximum absolute atomic E-state index is 12.3. The van der Waals surface area contributed by atoms with E-state index in [1.54, 1.807) is 35.0 Å². The third-order valence-corrected chi connectivity index (χ3v) is 4.64. The van der Waals surface area contributed by atoms with Crippen LogP contribution in [-0.2, 0) is 4.79 Å². The number of aromatic nitrogens is 2. The largest absolute Gasteiger partial charge is 0.352 e. The number of amides is 2. The van der Waals surface area contributed by atoms with Crippen molar-refractivity contribution in [2.24, 2.45) is 0 Å². The van der Waals surface area contributed by atoms with Gasteiger partial charge in [0.15, 0.2) is 0 Å². The van der Waals surface area contributed by atoms with E-state index in [1.165, 1.54) is 0 Å². The Balaban J connectivity index is 1.58. The Hall–Kier alpha value is -2.64. The van der Waals surface area contributed by atoms with Gasteiger partial charge in [0.05, 0.1) is 11.4 Å². The van der Waals surface area contributed by atoms with Crippen molar-refractivity contribution in [2.75, 3.05) is 11.9 Å². The van der Waals surface area contributed by atoms with E-state index in [0.29, 0.717) is 16.4 Å². The number of nitrogens with one attached hydrogen (secondary N) is 2. The van der Waals surface area contributed by atoms with Gasteiger partial charge in [0.1, 0.15) is 5.82 Å². The predicted molar refractivity (Wildman–Crippen MR) is 113 cm³/mol. The highest BCUT2D eigenvalue weighted by atomic mass is 79.9. The lowest BCUT2D eigenvalue weighted by Crippen LogP contribution is -2.28. The summed E-state index contributed by atoms with van der Waals surface area (Å²) in [5.74, 6) is 0.108. The molecule has 0 fully saturated rings. The van der Waals surface area contributed by atoms with Crippen LogP contribution in [0.15, 0.2) is 59.1 Å². The highest BCUT2D eigenvalue weighted by molar-refractivity contribution is 9.10. The second-order valence-electron chi connectivity index (χ2n) is 6.12. The summed E-state index contributed by atoms with van der Waals surface area (Å²) in [6, 6.07) is 16.0. The lowest BCUT2D eigenvalue weighted by molar-refractivity contribution is -0.116. The number of hydrogen-bond donors (Lipinski definition) is 2. The van der Waals surface area contributed by atoms with Gasteiger partial charge in [0, 0.05) is 34.1 Å². The molecule has 144 valence electrons. The van der Waals surface area contributed by atoms with Crippen molar-refractivity contribution >= 4 is 45.2 Å². The molecule has 1 heterocycles. The first kappa shape index (κ1) is 20.1. The minimum atomic E-state index is -0.250. The Morgan fingerprint density at radius 3 is 2.61 bits per heavy atom. The van der Waals surface area contributed by atoms with Crippen molar-refractivity contribution in [3.05, 3.63) is 75.4 Å². The molecular formula is C20H18BrClN4O2. The third-order valence-electron chi connectivity index (χ3n) is 3.90. The van der Waals surface area contributed by atoms with Crippen LogP contribution in [0.5, 0.6) is 0 Å². The maximum Gasteiger partial charge on any atom is 0.251 e. The molecule has 0 aliphatic carbocycles. The van der Waals surface area contributed by atoms with E-state index in [9.17, 15) is 9.59 Å². The summed E-state index contributed by atoms with van der Waals surface area (Å²) in [7, 11) is 0. The number of benzene rings is 2. The van der Waals surface area contributed by atoms with E-state index in [0.717, 1.165) is 15.9 Å². The third kappa shape index (κ3) is 5.21. The quantitative estimate of drug-likeness (QED) is 0.573. The fourth-order valence-corrected chi connectivity index (χ4v) is 3.10. The molecule has 1 aromatic heterocycles. The van der Waals surface area contributed by atoms with Crippen LogP contribution >= 0.6 is 27.5 Å². The maximum atomic E-state index is 12.3. The second kappa shape index (κ2) is 9.03. The van der Waals surface area contributed by atoms with E-state index in [1.807, 2.05) is 31.2 Å². The molecule has 2 N–H and O–H groups in total. The van der Waals surface area contributed by atoms with Crippen molar-refractivity contribution < 1.29 is 9.59 Å². The molecule has 0 atom stereocenters. The van der Waals surface area contributed by atoms with E-state index in [-0.39, 0.29) is 24.8 Å². The first-order valence-corrected chi connectivity index (χ1v) is 9.76. The number of nitrogens with zero attached hydrogens (tertiary/aromatic N) is 2. The number of halogens is 2. The zero-order valence-corrected chi connectivity index (χ0v) is 17.4. The van der Waals surface area contributed by atoms with Crippen LogP contribution in [0.4, 0.5) is 5.82 Å². The minimum Gasteiger partial charge on any atom is -0.352 e. The molecule has 3 rings (SSSR count). The zero-order chi connectivity index (χ0) is 20.1. The molecule has 0 saturated carbocycles. The van der Waals surface area contributed by atoms with E-state index >= 15 is 0 Å². The van der Waals surface area contributed by atoms with Crippen LogP contribution in [0, 0.1) is 6.92 Å². The highest BCUT2D eigenvalue weighted by Crippen LogP contribution is 2.20. The van der Waals surface area contributed by atoms with Crippen LogP contribution in [0.1, 0.15) is 22.5 Å². The summed E-state index contributed by atoms with van der Waals surface area (Å²) in [5, 5.41) is 10.6. The van der Waals surface area contributed by atoms with Gasteiger partial charge in [0.2, 0.25) is 5.91 Å². The number of aryl methyl sites for hydroxylation is 1. The van der Waals surface area contributed by atoms with Gasteiger partial charge in [-0.3, -0.25) is 9.59 Å². The summed E-state index contributed by atoms with van der Waals surface area (Å²) in [5.41, 5.74) is 2.10. The Morgan fingerprint density at radius 1 is 1.14 bits per heavy atom. The second-order valence-corrected chi connectivity index (χ2v) is 7.48. The molecule has 6 nitrogen and oxygen atoms in total. The number of carbonyl (C=O) groups excluding carboxylic acids is 2. The van der Waals surface area contributed by atoms with Gasteiger partial charge in [-0.25, -0.2) is 4.68 Å². The van der Waals surface area contributed by atoms with Gasteiger partial charge in [-0.1, -0.05) is 33.6 Å². The standard InChI is InChI=1S/C20H18BrClN4O2/c1-13-11-18(26(25-13)17-4-2-3-15(21)12-17)24-19(27)9-10-23-20(28)14-5-7-16(22)8-6-14/h2-8,11-12H,9-10H2,1H3,(H,23,28)(H,24,27). The molecule has 0 unspecified atom stereocenters. The normalized spacial score (nSPS) is 10.5. The van der Waals surface area contributed by atoms with Crippen LogP contribution < -0.4 is 10.6 Å². The summed E-state index contributed by atoms with van der Waals surface area (Å²) in [6.45, 7) is 2.08. The number of carbonyl (C=O) groups is 2. The molecule has 3 aromatic rings. The Bertz CT molecular complexity index is 1000. The van der Waals surface area contributed by atoms with Crippen LogP contribution in [0.3, 0.4) is 0 Å². The molecule has 2 amide bonds. The average molecular weight is 462 g/mol. The number of rotatable bonds is 6. The molecule has 2 aromatic carbocycles. The van der Waals surface area contributed by atoms with Crippen molar-refractivity contribution in [1.82, 2.24) is 15.1 Å². The molecule has 0 saturated heterocycles. The molecule has 0 spiro atoms. The Morgan fingerprint density at radius 2 is 1.89 bits per heavy atom. The number of anilines is 1. The number of hydrogen-bond acceptors (Lipinski definition) is 3. The molecule has 0 aliphatic rings. The van der Waals surface area contributed by atoms with Crippen molar-refractivity contribution in [3.63, 3.8) is 0 Å². The van der Waals surface area contributed by atoms with Gasteiger partial charge in [-0.05, 0) is 49.4 Å². The van der Waals surface area contributed by atoms with Crippen molar-refractivity contribution in [2.45, 2.75) is 13.3 Å². The van der Waals surface area contributed by atoms with Gasteiger partial charge in [-0.15, -0.1) is 0 Å². The summed E-state index contributed by atoms with van der Waals surface area (Å²) in [4.78, 5) is 24.4. The minimum absolute atomic E-state index is 0.141. The first-order valence-electron chi connectivity index (χ1n) is 8.58. The summed E-state index contributed by atoms with van der Waals surface area (Å²) >= 11 is 9.25. The van der Waals surface area contributed by atoms with Gasteiger partial charge in [0.25, 0.3) is 5.91 Å². The monoisotopic (exact) mass is 460 g/mol. The molecule has 28 heavy (non-hydrogen) atoms. The molecule has 8 heteroatoms. The van der Waals surface area contributed by atoms with Crippen LogP contribution in [-0.4, -0.2) is 28.1 Å². The zero-order valence-electron chi connectivity index (χ0n) is 15.1. The van der Waals surface area contributed by atoms with Crippen molar-refractivity contribution in [1.29, 1.82) is 0 Å². The Labute approximate surface area is 176 Å². The Kier molecular flexibility index (Phi) is 6.49. The lowest BCUT2D eigenvalue weighted by atomic mass is 10.2. The van der Waals surface area contributed by atoms with E-state index in [2.05, 4.69) is 31.7 Å². The van der Waals surface area contributed by atoms with Crippen molar-refractivity contribution in [3.8, 4) is 5.69 Å². The molecule has 0 radical (unpaired) electrons. The van der Waals surface area contributed by atoms with Gasteiger partial charge >= 0.3 is 0 Å². The topological polar surface area (TPSA) is 76.0 Å². The predicted octanol–water partition coefficient (Wildman–Crippen LogP) is 4.36. The molecular weight excluding hydrogens is 444 g/mol. The van der Waals surface area contributed by atoms with E-state index < -0.39 is 0 Å². The fraction of sp³-hybridized carbons (Fsp3) is 0.150. The molecule has 0 bridgehead atoms. The molecule has 0 aliphatic heterocycles. The smallest absolute Gasteiger partial charge is 0.251 e. The fourth-order valence-electron chi connectivity index (χ4n) is 2.59. The highest BCUT2D eigenvalue weighted by Gasteiger charge is 2.12. The average Bonchev–Trinajstić information content (AvgIpc) is 3.02. The summed E-state index contributed by atoms with van der Waals surface area (Å²) < 4.78 is 2.59. The summed E-state index contributed by atoms with van der Waals surface area (Å²) in [6.07, 6.45) is 0.141. The SMILES string of the molecule is Cc1cc(NC(=O)CCNC(=O)c2ccc(Cl)cc2)n(-c2cccc(Br)c2)n1. The van der Waals surface area contributed by atoms with Gasteiger partial charge < -0.3 is 10.6 Å². The first-order chi connectivity index (χ1) is 13.4. The van der Waals surface area contributed by atoms with Crippen LogP contribution in [0.25, 0.3) is 5.69 Å². The van der Waals surface area contributed by atoms with Crippen LogP contribution in [0.2, 0.25) is 5.02 Å². The van der Waals surface area contributed by atoms with E-state index in [4.69, 9.17) is 11.6 Å². The lowest BCUT2D eigenvalue weighted by Gasteiger charge is -2.10. The van der Waals surface area contributed by atoms with Gasteiger partial charge in [-0.2, -0.15) is 5.10 Å².